The highest BCUT2D eigenvalue weighted by Crippen LogP contribution is 2.22. The fraction of sp³-hybridized carbons (Fsp3) is 0.769. The Kier molecular flexibility index (Phi) is 5.48. The molecule has 4 nitrogen and oxygen atoms in total. The second-order valence-electron chi connectivity index (χ2n) is 5.28. The molecule has 0 saturated carbocycles. The Labute approximate surface area is 104 Å². The van der Waals surface area contributed by atoms with Crippen molar-refractivity contribution in [3.63, 3.8) is 0 Å². The largest absolute Gasteiger partial charge is 0.477 e. The molecule has 1 aliphatic heterocycles. The lowest BCUT2D eigenvalue weighted by Crippen LogP contribution is -2.32. The molecule has 1 unspecified atom stereocenters. The number of hydrogen-bond acceptors (Lipinski definition) is 3. The molecule has 0 aliphatic carbocycles. The van der Waals surface area contributed by atoms with Crippen LogP contribution in [0.2, 0.25) is 0 Å². The van der Waals surface area contributed by atoms with Gasteiger partial charge in [-0.25, -0.2) is 4.68 Å². The van der Waals surface area contributed by atoms with Gasteiger partial charge < -0.3 is 10.1 Å². The van der Waals surface area contributed by atoms with Crippen LogP contribution in [0.3, 0.4) is 0 Å². The van der Waals surface area contributed by atoms with Crippen molar-refractivity contribution in [2.45, 2.75) is 34.2 Å². The molecule has 0 fully saturated rings. The van der Waals surface area contributed by atoms with Crippen molar-refractivity contribution in [3.05, 3.63) is 11.8 Å². The van der Waals surface area contributed by atoms with Crippen LogP contribution < -0.4 is 10.1 Å². The van der Waals surface area contributed by atoms with Crippen molar-refractivity contribution >= 4 is 0 Å². The summed E-state index contributed by atoms with van der Waals surface area (Å²) in [7, 11) is 1.96. The fourth-order valence-corrected chi connectivity index (χ4v) is 1.69. The molecule has 98 valence electrons. The lowest BCUT2D eigenvalue weighted by Gasteiger charge is -2.24. The number of rotatable bonds is 2. The summed E-state index contributed by atoms with van der Waals surface area (Å²) in [5.41, 5.74) is 1.13. The van der Waals surface area contributed by atoms with Gasteiger partial charge in [-0.15, -0.1) is 0 Å². The summed E-state index contributed by atoms with van der Waals surface area (Å²) >= 11 is 0. The SMILES string of the molecule is CC(C)C.CNCC1COc2c(C)cnn2C1. The monoisotopic (exact) mass is 239 g/mol. The molecule has 1 N–H and O–H groups in total. The molecule has 1 aliphatic rings. The molecule has 1 aromatic rings. The molecule has 1 atom stereocenters. The van der Waals surface area contributed by atoms with E-state index in [1.54, 1.807) is 0 Å². The van der Waals surface area contributed by atoms with Crippen LogP contribution in [-0.2, 0) is 6.54 Å². The number of ether oxygens (including phenoxy) is 1. The van der Waals surface area contributed by atoms with E-state index in [-0.39, 0.29) is 0 Å². The van der Waals surface area contributed by atoms with Crippen LogP contribution in [0.15, 0.2) is 6.20 Å². The quantitative estimate of drug-likeness (QED) is 0.859. The topological polar surface area (TPSA) is 39.1 Å². The lowest BCUT2D eigenvalue weighted by molar-refractivity contribution is 0.162. The second kappa shape index (κ2) is 6.64. The van der Waals surface area contributed by atoms with Crippen LogP contribution in [-0.4, -0.2) is 30.0 Å². The van der Waals surface area contributed by atoms with Crippen molar-refractivity contribution in [2.24, 2.45) is 11.8 Å². The third-order valence-corrected chi connectivity index (χ3v) is 2.34. The van der Waals surface area contributed by atoms with Crippen molar-refractivity contribution < 1.29 is 4.74 Å². The standard InChI is InChI=1S/C9H15N3O.C4H10/c1-7-3-11-12-5-8(4-10-2)6-13-9(7)12;1-4(2)3/h3,8,10H,4-6H2,1-2H3;4H,1-3H3. The summed E-state index contributed by atoms with van der Waals surface area (Å²) in [6.45, 7) is 11.3. The van der Waals surface area contributed by atoms with Gasteiger partial charge in [0.25, 0.3) is 0 Å². The van der Waals surface area contributed by atoms with Gasteiger partial charge in [0.15, 0.2) is 0 Å². The molecule has 0 radical (unpaired) electrons. The molecule has 0 saturated heterocycles. The molecule has 17 heavy (non-hydrogen) atoms. The zero-order valence-corrected chi connectivity index (χ0v) is 11.7. The normalized spacial score (nSPS) is 18.1. The highest BCUT2D eigenvalue weighted by molar-refractivity contribution is 5.23. The van der Waals surface area contributed by atoms with E-state index in [2.05, 4.69) is 31.2 Å². The third kappa shape index (κ3) is 4.38. The molecule has 0 spiro atoms. The summed E-state index contributed by atoms with van der Waals surface area (Å²) in [6, 6.07) is 0. The Morgan fingerprint density at radius 2 is 2.18 bits per heavy atom. The van der Waals surface area contributed by atoms with Gasteiger partial charge in [0.2, 0.25) is 5.88 Å². The first-order valence-corrected chi connectivity index (χ1v) is 6.34. The number of nitrogens with zero attached hydrogens (tertiary/aromatic N) is 2. The highest BCUT2D eigenvalue weighted by atomic mass is 16.5. The van der Waals surface area contributed by atoms with Crippen LogP contribution in [0.5, 0.6) is 5.88 Å². The summed E-state index contributed by atoms with van der Waals surface area (Å²) in [5, 5.41) is 7.41. The maximum Gasteiger partial charge on any atom is 0.214 e. The van der Waals surface area contributed by atoms with E-state index < -0.39 is 0 Å². The molecule has 0 aromatic carbocycles. The zero-order chi connectivity index (χ0) is 12.8. The summed E-state index contributed by atoms with van der Waals surface area (Å²) < 4.78 is 7.57. The molecule has 1 aromatic heterocycles. The molecule has 0 amide bonds. The Hall–Kier alpha value is -1.03. The van der Waals surface area contributed by atoms with E-state index in [9.17, 15) is 0 Å². The van der Waals surface area contributed by atoms with E-state index in [1.807, 2.05) is 24.9 Å². The van der Waals surface area contributed by atoms with Crippen LogP contribution in [0.25, 0.3) is 0 Å². The zero-order valence-electron chi connectivity index (χ0n) is 11.7. The van der Waals surface area contributed by atoms with Gasteiger partial charge in [-0.1, -0.05) is 20.8 Å². The van der Waals surface area contributed by atoms with Crippen LogP contribution in [0.1, 0.15) is 26.3 Å². The minimum Gasteiger partial charge on any atom is -0.477 e. The molecule has 2 heterocycles. The molecular formula is C13H25N3O. The number of nitrogens with one attached hydrogen (secondary N) is 1. The Balaban J connectivity index is 0.000000317. The van der Waals surface area contributed by atoms with Crippen molar-refractivity contribution in [1.29, 1.82) is 0 Å². The third-order valence-electron chi connectivity index (χ3n) is 2.34. The molecule has 4 heteroatoms. The number of aromatic nitrogens is 2. The van der Waals surface area contributed by atoms with E-state index in [0.717, 1.165) is 37.1 Å². The van der Waals surface area contributed by atoms with Gasteiger partial charge in [0, 0.05) is 18.0 Å². The lowest BCUT2D eigenvalue weighted by atomic mass is 10.1. The summed E-state index contributed by atoms with van der Waals surface area (Å²) in [6.07, 6.45) is 1.86. The summed E-state index contributed by atoms with van der Waals surface area (Å²) in [5.74, 6) is 2.31. The van der Waals surface area contributed by atoms with Gasteiger partial charge >= 0.3 is 0 Å². The van der Waals surface area contributed by atoms with Crippen molar-refractivity contribution in [2.75, 3.05) is 20.2 Å². The number of aryl methyl sites for hydroxylation is 1. The van der Waals surface area contributed by atoms with E-state index >= 15 is 0 Å². The van der Waals surface area contributed by atoms with Gasteiger partial charge in [0.05, 0.1) is 19.3 Å². The van der Waals surface area contributed by atoms with Gasteiger partial charge in [0.1, 0.15) is 0 Å². The Morgan fingerprint density at radius 3 is 2.76 bits per heavy atom. The maximum atomic E-state index is 5.62. The number of hydrogen-bond donors (Lipinski definition) is 1. The first-order valence-electron chi connectivity index (χ1n) is 6.34. The van der Waals surface area contributed by atoms with Crippen LogP contribution in [0.4, 0.5) is 0 Å². The van der Waals surface area contributed by atoms with E-state index in [0.29, 0.717) is 5.92 Å². The van der Waals surface area contributed by atoms with Crippen LogP contribution >= 0.6 is 0 Å². The maximum absolute atomic E-state index is 5.62. The van der Waals surface area contributed by atoms with Gasteiger partial charge in [-0.2, -0.15) is 5.10 Å². The fourth-order valence-electron chi connectivity index (χ4n) is 1.69. The smallest absolute Gasteiger partial charge is 0.214 e. The second-order valence-corrected chi connectivity index (χ2v) is 5.28. The van der Waals surface area contributed by atoms with Crippen LogP contribution in [0, 0.1) is 18.8 Å². The Bertz CT molecular complexity index is 331. The molecule has 0 bridgehead atoms. The first-order chi connectivity index (χ1) is 8.04. The first kappa shape index (κ1) is 14.0. The average Bonchev–Trinajstić information content (AvgIpc) is 2.60. The highest BCUT2D eigenvalue weighted by Gasteiger charge is 2.20. The average molecular weight is 239 g/mol. The molecular weight excluding hydrogens is 214 g/mol. The summed E-state index contributed by atoms with van der Waals surface area (Å²) in [4.78, 5) is 0. The van der Waals surface area contributed by atoms with Crippen molar-refractivity contribution in [1.82, 2.24) is 15.1 Å². The van der Waals surface area contributed by atoms with E-state index in [1.165, 1.54) is 0 Å². The predicted molar refractivity (Wildman–Crippen MR) is 70.4 cm³/mol. The van der Waals surface area contributed by atoms with Crippen molar-refractivity contribution in [3.8, 4) is 5.88 Å². The molecule has 2 rings (SSSR count). The van der Waals surface area contributed by atoms with Gasteiger partial charge in [-0.05, 0) is 19.9 Å². The Morgan fingerprint density at radius 1 is 1.53 bits per heavy atom. The predicted octanol–water partition coefficient (Wildman–Crippen LogP) is 2.08. The van der Waals surface area contributed by atoms with Gasteiger partial charge in [-0.3, -0.25) is 0 Å². The number of fused-ring (bicyclic) bond motifs is 1. The minimum atomic E-state index is 0.539. The van der Waals surface area contributed by atoms with E-state index in [4.69, 9.17) is 4.74 Å². The minimum absolute atomic E-state index is 0.539.